The molecule has 1 saturated heterocycles. The standard InChI is InChI=1S/C21H31FN4O2/c1-16-5-2-3-8-19(16)24-21(28)15-26-11-9-25(10-12-26)14-20(27)23-18-7-4-6-17(22)13-18/h4,6-7,13,16,19H,2-3,5,8-12,14-15H2,1H3,(H,23,27)(H,24,28)/p+2/t16-,19-/m0/s1. The van der Waals surface area contributed by atoms with E-state index in [2.05, 4.69) is 17.6 Å². The van der Waals surface area contributed by atoms with Crippen molar-refractivity contribution in [2.75, 3.05) is 44.6 Å². The molecule has 2 atom stereocenters. The molecule has 0 bridgehead atoms. The van der Waals surface area contributed by atoms with Crippen molar-refractivity contribution in [3.05, 3.63) is 30.1 Å². The van der Waals surface area contributed by atoms with Gasteiger partial charge < -0.3 is 20.4 Å². The monoisotopic (exact) mass is 392 g/mol. The van der Waals surface area contributed by atoms with Gasteiger partial charge in [-0.25, -0.2) is 4.39 Å². The molecule has 1 aliphatic heterocycles. The van der Waals surface area contributed by atoms with Crippen molar-refractivity contribution in [1.82, 2.24) is 5.32 Å². The highest BCUT2D eigenvalue weighted by molar-refractivity contribution is 5.91. The minimum Gasteiger partial charge on any atom is -0.348 e. The number of benzene rings is 1. The number of rotatable bonds is 6. The molecular weight excluding hydrogens is 359 g/mol. The van der Waals surface area contributed by atoms with Crippen molar-refractivity contribution >= 4 is 17.5 Å². The van der Waals surface area contributed by atoms with Crippen molar-refractivity contribution in [2.24, 2.45) is 5.92 Å². The zero-order valence-electron chi connectivity index (χ0n) is 16.7. The van der Waals surface area contributed by atoms with Gasteiger partial charge in [0.15, 0.2) is 13.1 Å². The SMILES string of the molecule is C[C@H]1CCCC[C@@H]1NC(=O)C[NH+]1CC[NH+](CC(=O)Nc2cccc(F)c2)CC1. The average molecular weight is 393 g/mol. The van der Waals surface area contributed by atoms with Gasteiger partial charge in [0.25, 0.3) is 11.8 Å². The lowest BCUT2D eigenvalue weighted by atomic mass is 9.86. The van der Waals surface area contributed by atoms with Crippen LogP contribution in [0.3, 0.4) is 0 Å². The number of carbonyl (C=O) groups is 2. The zero-order valence-corrected chi connectivity index (χ0v) is 16.7. The lowest BCUT2D eigenvalue weighted by Crippen LogP contribution is -3.28. The lowest BCUT2D eigenvalue weighted by Gasteiger charge is -2.31. The minimum atomic E-state index is -0.358. The van der Waals surface area contributed by atoms with Crippen molar-refractivity contribution in [1.29, 1.82) is 0 Å². The molecule has 0 spiro atoms. The molecule has 28 heavy (non-hydrogen) atoms. The first-order chi connectivity index (χ1) is 13.5. The number of hydrogen-bond acceptors (Lipinski definition) is 2. The fraction of sp³-hybridized carbons (Fsp3) is 0.619. The first kappa shape index (κ1) is 20.7. The second-order valence-electron chi connectivity index (χ2n) is 8.35. The Morgan fingerprint density at radius 2 is 1.68 bits per heavy atom. The third-order valence-corrected chi connectivity index (χ3v) is 6.05. The highest BCUT2D eigenvalue weighted by atomic mass is 19.1. The van der Waals surface area contributed by atoms with Gasteiger partial charge in [0.05, 0.1) is 0 Å². The number of halogens is 1. The maximum absolute atomic E-state index is 13.2. The lowest BCUT2D eigenvalue weighted by molar-refractivity contribution is -1.00. The molecule has 0 radical (unpaired) electrons. The molecule has 4 N–H and O–H groups in total. The van der Waals surface area contributed by atoms with E-state index in [1.165, 1.54) is 41.2 Å². The van der Waals surface area contributed by atoms with Crippen molar-refractivity contribution < 1.29 is 23.8 Å². The van der Waals surface area contributed by atoms with Crippen molar-refractivity contribution in [3.8, 4) is 0 Å². The van der Waals surface area contributed by atoms with E-state index in [1.54, 1.807) is 12.1 Å². The summed E-state index contributed by atoms with van der Waals surface area (Å²) >= 11 is 0. The third-order valence-electron chi connectivity index (χ3n) is 6.05. The first-order valence-corrected chi connectivity index (χ1v) is 10.5. The molecule has 1 aliphatic carbocycles. The molecule has 1 aromatic rings. The Morgan fingerprint density at radius 3 is 2.32 bits per heavy atom. The summed E-state index contributed by atoms with van der Waals surface area (Å²) in [6.07, 6.45) is 4.79. The summed E-state index contributed by atoms with van der Waals surface area (Å²) in [4.78, 5) is 27.1. The van der Waals surface area contributed by atoms with Crippen LogP contribution in [-0.2, 0) is 9.59 Å². The van der Waals surface area contributed by atoms with E-state index in [-0.39, 0.29) is 17.6 Å². The molecule has 6 nitrogen and oxygen atoms in total. The normalized spacial score (nSPS) is 27.8. The largest absolute Gasteiger partial charge is 0.348 e. The summed E-state index contributed by atoms with van der Waals surface area (Å²) in [5.74, 6) is 0.267. The van der Waals surface area contributed by atoms with Crippen molar-refractivity contribution in [2.45, 2.75) is 38.6 Å². The van der Waals surface area contributed by atoms with E-state index in [9.17, 15) is 14.0 Å². The van der Waals surface area contributed by atoms with Gasteiger partial charge in [-0.15, -0.1) is 0 Å². The van der Waals surface area contributed by atoms with Gasteiger partial charge >= 0.3 is 0 Å². The van der Waals surface area contributed by atoms with Crippen LogP contribution in [0, 0.1) is 11.7 Å². The van der Waals surface area contributed by atoms with Crippen LogP contribution in [0.1, 0.15) is 32.6 Å². The van der Waals surface area contributed by atoms with Gasteiger partial charge in [-0.1, -0.05) is 25.8 Å². The highest BCUT2D eigenvalue weighted by Gasteiger charge is 2.28. The number of carbonyl (C=O) groups excluding carboxylic acids is 2. The number of anilines is 1. The number of quaternary nitrogens is 2. The van der Waals surface area contributed by atoms with Crippen LogP contribution < -0.4 is 20.4 Å². The summed E-state index contributed by atoms with van der Waals surface area (Å²) in [5, 5.41) is 5.98. The molecule has 2 amide bonds. The average Bonchev–Trinajstić information content (AvgIpc) is 2.65. The molecule has 2 fully saturated rings. The predicted octanol–water partition coefficient (Wildman–Crippen LogP) is -0.757. The summed E-state index contributed by atoms with van der Waals surface area (Å²) in [7, 11) is 0. The van der Waals surface area contributed by atoms with E-state index in [0.717, 1.165) is 32.6 Å². The smallest absolute Gasteiger partial charge is 0.279 e. The van der Waals surface area contributed by atoms with Gasteiger partial charge in [-0.2, -0.15) is 0 Å². The van der Waals surface area contributed by atoms with Gasteiger partial charge in [0, 0.05) is 11.7 Å². The molecule has 2 aliphatic rings. The van der Waals surface area contributed by atoms with Crippen LogP contribution >= 0.6 is 0 Å². The molecule has 154 valence electrons. The van der Waals surface area contributed by atoms with Crippen LogP contribution in [0.25, 0.3) is 0 Å². The summed E-state index contributed by atoms with van der Waals surface area (Å²) in [6.45, 7) is 6.61. The number of nitrogens with one attached hydrogen (secondary N) is 4. The molecule has 0 unspecified atom stereocenters. The molecule has 1 saturated carbocycles. The van der Waals surface area contributed by atoms with Crippen LogP contribution in [0.15, 0.2) is 24.3 Å². The Bertz CT molecular complexity index is 676. The van der Waals surface area contributed by atoms with Gasteiger partial charge in [-0.05, 0) is 37.0 Å². The minimum absolute atomic E-state index is 0.104. The van der Waals surface area contributed by atoms with E-state index in [1.807, 2.05) is 0 Å². The second kappa shape index (κ2) is 9.98. The Morgan fingerprint density at radius 1 is 1.04 bits per heavy atom. The summed E-state index contributed by atoms with van der Waals surface area (Å²) in [5.41, 5.74) is 0.488. The van der Waals surface area contributed by atoms with E-state index in [4.69, 9.17) is 0 Å². The fourth-order valence-corrected chi connectivity index (χ4v) is 4.32. The Labute approximate surface area is 166 Å². The van der Waals surface area contributed by atoms with Gasteiger partial charge in [0.1, 0.15) is 32.0 Å². The molecule has 1 heterocycles. The van der Waals surface area contributed by atoms with Crippen LogP contribution in [0.4, 0.5) is 10.1 Å². The van der Waals surface area contributed by atoms with Crippen LogP contribution in [0.5, 0.6) is 0 Å². The predicted molar refractivity (Wildman–Crippen MR) is 106 cm³/mol. The first-order valence-electron chi connectivity index (χ1n) is 10.5. The van der Waals surface area contributed by atoms with E-state index >= 15 is 0 Å². The molecule has 1 aromatic carbocycles. The Balaban J connectivity index is 1.36. The van der Waals surface area contributed by atoms with E-state index < -0.39 is 0 Å². The number of piperazine rings is 1. The fourth-order valence-electron chi connectivity index (χ4n) is 4.32. The van der Waals surface area contributed by atoms with Crippen LogP contribution in [0.2, 0.25) is 0 Å². The zero-order chi connectivity index (χ0) is 19.9. The maximum Gasteiger partial charge on any atom is 0.279 e. The Hall–Kier alpha value is -1.99. The second-order valence-corrected chi connectivity index (χ2v) is 8.35. The number of hydrogen-bond donors (Lipinski definition) is 4. The van der Waals surface area contributed by atoms with E-state index in [0.29, 0.717) is 30.7 Å². The molecule has 3 rings (SSSR count). The topological polar surface area (TPSA) is 67.1 Å². The van der Waals surface area contributed by atoms with Crippen LogP contribution in [-0.4, -0.2) is 57.1 Å². The molecular formula is C21H33FN4O2+2. The highest BCUT2D eigenvalue weighted by Crippen LogP contribution is 2.23. The maximum atomic E-state index is 13.2. The van der Waals surface area contributed by atoms with Crippen molar-refractivity contribution in [3.63, 3.8) is 0 Å². The molecule has 7 heteroatoms. The summed E-state index contributed by atoms with van der Waals surface area (Å²) < 4.78 is 13.2. The summed E-state index contributed by atoms with van der Waals surface area (Å²) in [6, 6.07) is 6.28. The van der Waals surface area contributed by atoms with Gasteiger partial charge in [-0.3, -0.25) is 9.59 Å². The quantitative estimate of drug-likeness (QED) is 0.514. The Kier molecular flexibility index (Phi) is 7.39. The molecule has 0 aromatic heterocycles. The number of amides is 2. The van der Waals surface area contributed by atoms with Gasteiger partial charge in [0.2, 0.25) is 0 Å². The third kappa shape index (κ3) is 6.27.